The summed E-state index contributed by atoms with van der Waals surface area (Å²) in [7, 11) is 0. The van der Waals surface area contributed by atoms with E-state index in [4.69, 9.17) is 4.74 Å². The number of rotatable bonds is 6. The Hall–Kier alpha value is -1.71. The van der Waals surface area contributed by atoms with Gasteiger partial charge in [0.2, 0.25) is 0 Å². The summed E-state index contributed by atoms with van der Waals surface area (Å²) in [5, 5.41) is 0. The predicted octanol–water partition coefficient (Wildman–Crippen LogP) is 6.60. The molecule has 0 heterocycles. The van der Waals surface area contributed by atoms with Crippen LogP contribution in [0.15, 0.2) is 82.2 Å². The molecule has 24 heavy (non-hydrogen) atoms. The number of halogens is 1. The largest absolute Gasteiger partial charge is 0.492 e. The minimum Gasteiger partial charge on any atom is -0.492 e. The van der Waals surface area contributed by atoms with Gasteiger partial charge in [0.15, 0.2) is 0 Å². The number of hydrogen-bond acceptors (Lipinski definition) is 2. The minimum atomic E-state index is 0.685. The topological polar surface area (TPSA) is 9.23 Å². The highest BCUT2D eigenvalue weighted by atomic mass is 79.9. The van der Waals surface area contributed by atoms with E-state index in [2.05, 4.69) is 89.6 Å². The van der Waals surface area contributed by atoms with Crippen LogP contribution in [-0.4, -0.2) is 12.4 Å². The van der Waals surface area contributed by atoms with Crippen LogP contribution in [0.25, 0.3) is 11.1 Å². The van der Waals surface area contributed by atoms with E-state index in [1.807, 2.05) is 17.8 Å². The Morgan fingerprint density at radius 2 is 1.67 bits per heavy atom. The molecular weight excluding hydrogens is 380 g/mol. The third-order valence-electron chi connectivity index (χ3n) is 3.65. The summed E-state index contributed by atoms with van der Waals surface area (Å²) in [5.41, 5.74) is 3.55. The number of thioether (sulfide) groups is 1. The molecule has 0 bridgehead atoms. The predicted molar refractivity (Wildman–Crippen MR) is 107 cm³/mol. The Kier molecular flexibility index (Phi) is 6.00. The Bertz CT molecular complexity index is 785. The summed E-state index contributed by atoms with van der Waals surface area (Å²) in [6.07, 6.45) is 0. The summed E-state index contributed by atoms with van der Waals surface area (Å²) in [5.74, 6) is 1.88. The maximum Gasteiger partial charge on any atom is 0.127 e. The summed E-state index contributed by atoms with van der Waals surface area (Å²) in [6.45, 7) is 2.78. The summed E-state index contributed by atoms with van der Waals surface area (Å²) in [4.78, 5) is 1.26. The van der Waals surface area contributed by atoms with Crippen molar-refractivity contribution >= 4 is 27.7 Å². The molecule has 0 aliphatic carbocycles. The molecule has 3 rings (SSSR count). The summed E-state index contributed by atoms with van der Waals surface area (Å²) in [6, 6.07) is 25.2. The summed E-state index contributed by atoms with van der Waals surface area (Å²) >= 11 is 5.27. The molecule has 0 spiro atoms. The molecule has 0 aromatic heterocycles. The van der Waals surface area contributed by atoms with Crippen molar-refractivity contribution in [3.63, 3.8) is 0 Å². The molecule has 1 nitrogen and oxygen atoms in total. The first-order valence-electron chi connectivity index (χ1n) is 7.89. The monoisotopic (exact) mass is 398 g/mol. The SMILES string of the molecule is Cc1ccc(-c2ccccc2)c(OCCSc2ccc(Br)cc2)c1. The zero-order valence-corrected chi connectivity index (χ0v) is 15.9. The van der Waals surface area contributed by atoms with Gasteiger partial charge in [-0.25, -0.2) is 0 Å². The van der Waals surface area contributed by atoms with Gasteiger partial charge < -0.3 is 4.74 Å². The maximum absolute atomic E-state index is 6.09. The molecule has 0 atom stereocenters. The van der Waals surface area contributed by atoms with Crippen LogP contribution in [0, 0.1) is 6.92 Å². The lowest BCUT2D eigenvalue weighted by Gasteiger charge is -2.13. The van der Waals surface area contributed by atoms with E-state index in [-0.39, 0.29) is 0 Å². The zero-order valence-electron chi connectivity index (χ0n) is 13.5. The van der Waals surface area contributed by atoms with E-state index in [0.717, 1.165) is 21.5 Å². The van der Waals surface area contributed by atoms with Crippen molar-refractivity contribution < 1.29 is 4.74 Å². The van der Waals surface area contributed by atoms with Crippen molar-refractivity contribution in [1.29, 1.82) is 0 Å². The van der Waals surface area contributed by atoms with Crippen molar-refractivity contribution in [3.8, 4) is 16.9 Å². The van der Waals surface area contributed by atoms with Gasteiger partial charge in [-0.15, -0.1) is 11.8 Å². The number of hydrogen-bond donors (Lipinski definition) is 0. The van der Waals surface area contributed by atoms with Crippen molar-refractivity contribution in [2.75, 3.05) is 12.4 Å². The fourth-order valence-electron chi connectivity index (χ4n) is 2.45. The maximum atomic E-state index is 6.09. The molecule has 0 radical (unpaired) electrons. The third-order valence-corrected chi connectivity index (χ3v) is 5.15. The van der Waals surface area contributed by atoms with Crippen LogP contribution in [0.3, 0.4) is 0 Å². The highest BCUT2D eigenvalue weighted by Crippen LogP contribution is 2.31. The molecule has 0 aliphatic heterocycles. The van der Waals surface area contributed by atoms with Gasteiger partial charge in [0.1, 0.15) is 5.75 Å². The van der Waals surface area contributed by atoms with Gasteiger partial charge in [-0.2, -0.15) is 0 Å². The number of aryl methyl sites for hydroxylation is 1. The minimum absolute atomic E-state index is 0.685. The Balaban J connectivity index is 1.64. The average molecular weight is 399 g/mol. The molecule has 0 saturated carbocycles. The van der Waals surface area contributed by atoms with E-state index in [1.54, 1.807) is 0 Å². The average Bonchev–Trinajstić information content (AvgIpc) is 2.61. The van der Waals surface area contributed by atoms with Crippen LogP contribution in [0.2, 0.25) is 0 Å². The van der Waals surface area contributed by atoms with Crippen molar-refractivity contribution in [1.82, 2.24) is 0 Å². The normalized spacial score (nSPS) is 10.6. The van der Waals surface area contributed by atoms with Crippen molar-refractivity contribution in [2.24, 2.45) is 0 Å². The molecule has 3 aromatic rings. The van der Waals surface area contributed by atoms with Gasteiger partial charge in [0.25, 0.3) is 0 Å². The van der Waals surface area contributed by atoms with Crippen LogP contribution >= 0.6 is 27.7 Å². The Morgan fingerprint density at radius 3 is 2.42 bits per heavy atom. The van der Waals surface area contributed by atoms with Gasteiger partial charge in [-0.05, 0) is 48.4 Å². The molecule has 0 unspecified atom stereocenters. The van der Waals surface area contributed by atoms with Crippen molar-refractivity contribution in [2.45, 2.75) is 11.8 Å². The van der Waals surface area contributed by atoms with E-state index >= 15 is 0 Å². The molecule has 0 aliphatic rings. The fourth-order valence-corrected chi connectivity index (χ4v) is 3.44. The van der Waals surface area contributed by atoms with Crippen LogP contribution in [0.4, 0.5) is 0 Å². The lowest BCUT2D eigenvalue weighted by molar-refractivity contribution is 0.345. The highest BCUT2D eigenvalue weighted by molar-refractivity contribution is 9.10. The summed E-state index contributed by atoms with van der Waals surface area (Å²) < 4.78 is 7.19. The lowest BCUT2D eigenvalue weighted by atomic mass is 10.0. The molecule has 0 N–H and O–H groups in total. The zero-order chi connectivity index (χ0) is 16.8. The standard InChI is InChI=1S/C21H19BrOS/c1-16-7-12-20(17-5-3-2-4-6-17)21(15-16)23-13-14-24-19-10-8-18(22)9-11-19/h2-12,15H,13-14H2,1H3. The van der Waals surface area contributed by atoms with Gasteiger partial charge in [-0.3, -0.25) is 0 Å². The first kappa shape index (κ1) is 17.1. The van der Waals surface area contributed by atoms with Gasteiger partial charge in [-0.1, -0.05) is 58.4 Å². The molecular formula is C21H19BrOS. The molecule has 122 valence electrons. The fraction of sp³-hybridized carbons (Fsp3) is 0.143. The van der Waals surface area contributed by atoms with E-state index in [0.29, 0.717) is 6.61 Å². The van der Waals surface area contributed by atoms with Crippen LogP contribution in [0.1, 0.15) is 5.56 Å². The second-order valence-corrected chi connectivity index (χ2v) is 7.60. The highest BCUT2D eigenvalue weighted by Gasteiger charge is 2.06. The van der Waals surface area contributed by atoms with Crippen LogP contribution in [-0.2, 0) is 0 Å². The molecule has 0 amide bonds. The van der Waals surface area contributed by atoms with Gasteiger partial charge >= 0.3 is 0 Å². The quantitative estimate of drug-likeness (QED) is 0.341. The van der Waals surface area contributed by atoms with E-state index in [9.17, 15) is 0 Å². The van der Waals surface area contributed by atoms with Crippen LogP contribution in [0.5, 0.6) is 5.75 Å². The molecule has 3 aromatic carbocycles. The molecule has 3 heteroatoms. The van der Waals surface area contributed by atoms with Gasteiger partial charge in [0, 0.05) is 20.7 Å². The first-order valence-corrected chi connectivity index (χ1v) is 9.67. The van der Waals surface area contributed by atoms with Crippen LogP contribution < -0.4 is 4.74 Å². The molecule has 0 saturated heterocycles. The van der Waals surface area contributed by atoms with E-state index in [1.165, 1.54) is 16.0 Å². The lowest BCUT2D eigenvalue weighted by Crippen LogP contribution is -2.01. The molecule has 0 fully saturated rings. The van der Waals surface area contributed by atoms with Gasteiger partial charge in [0.05, 0.1) is 6.61 Å². The smallest absolute Gasteiger partial charge is 0.127 e. The number of ether oxygens (including phenoxy) is 1. The number of benzene rings is 3. The Morgan fingerprint density at radius 1 is 0.917 bits per heavy atom. The van der Waals surface area contributed by atoms with E-state index < -0.39 is 0 Å². The first-order chi connectivity index (χ1) is 11.7. The van der Waals surface area contributed by atoms with Crippen molar-refractivity contribution in [3.05, 3.63) is 82.8 Å². The Labute approximate surface area is 156 Å². The second kappa shape index (κ2) is 8.41. The second-order valence-electron chi connectivity index (χ2n) is 5.52. The third kappa shape index (κ3) is 4.65.